The fourth-order valence-corrected chi connectivity index (χ4v) is 1.59. The summed E-state index contributed by atoms with van der Waals surface area (Å²) in [7, 11) is 3.20. The van der Waals surface area contributed by atoms with Crippen molar-refractivity contribution in [1.82, 2.24) is 9.55 Å². The molecule has 78 valence electrons. The van der Waals surface area contributed by atoms with Crippen molar-refractivity contribution in [2.24, 2.45) is 7.05 Å². The number of hydrogen-bond donors (Lipinski definition) is 1. The first-order chi connectivity index (χ1) is 7.15. The average Bonchev–Trinajstić information content (AvgIpc) is 2.56. The number of carboxylic acid groups (broad SMARTS) is 1. The van der Waals surface area contributed by atoms with E-state index in [1.807, 2.05) is 0 Å². The van der Waals surface area contributed by atoms with Crippen LogP contribution in [-0.4, -0.2) is 27.7 Å². The molecule has 0 atom stereocenters. The van der Waals surface area contributed by atoms with E-state index in [0.29, 0.717) is 16.8 Å². The molecule has 1 heterocycles. The zero-order valence-electron chi connectivity index (χ0n) is 8.39. The van der Waals surface area contributed by atoms with E-state index in [-0.39, 0.29) is 5.82 Å². The molecule has 0 aliphatic heterocycles. The van der Waals surface area contributed by atoms with Gasteiger partial charge in [-0.3, -0.25) is 0 Å². The predicted octanol–water partition coefficient (Wildman–Crippen LogP) is 1.28. The Morgan fingerprint density at radius 3 is 2.87 bits per heavy atom. The predicted molar refractivity (Wildman–Crippen MR) is 54.2 cm³/mol. The highest BCUT2D eigenvalue weighted by molar-refractivity contribution is 5.91. The molecule has 2 rings (SSSR count). The summed E-state index contributed by atoms with van der Waals surface area (Å²) in [6.07, 6.45) is 0. The number of carboxylic acids is 1. The Hall–Kier alpha value is -2.04. The Balaban J connectivity index is 2.82. The topological polar surface area (TPSA) is 64.3 Å². The molecule has 5 heteroatoms. The van der Waals surface area contributed by atoms with Gasteiger partial charge in [-0.05, 0) is 12.1 Å². The second-order valence-corrected chi connectivity index (χ2v) is 3.13. The van der Waals surface area contributed by atoms with Gasteiger partial charge in [0.2, 0.25) is 5.82 Å². The minimum absolute atomic E-state index is 0.00880. The highest BCUT2D eigenvalue weighted by Gasteiger charge is 2.16. The van der Waals surface area contributed by atoms with E-state index in [1.165, 1.54) is 4.57 Å². The number of para-hydroxylation sites is 1. The molecule has 0 spiro atoms. The number of nitrogens with zero attached hydrogens (tertiary/aromatic N) is 2. The van der Waals surface area contributed by atoms with Crippen LogP contribution in [0.15, 0.2) is 18.2 Å². The van der Waals surface area contributed by atoms with E-state index in [4.69, 9.17) is 9.84 Å². The van der Waals surface area contributed by atoms with E-state index in [1.54, 1.807) is 32.4 Å². The quantitative estimate of drug-likeness (QED) is 0.803. The number of aromatic nitrogens is 2. The SMILES string of the molecule is COc1cccc2nc(C(=O)O)n(C)c12. The van der Waals surface area contributed by atoms with Gasteiger partial charge in [-0.1, -0.05) is 6.07 Å². The van der Waals surface area contributed by atoms with Gasteiger partial charge in [-0.25, -0.2) is 9.78 Å². The number of carbonyl (C=O) groups is 1. The Bertz CT molecular complexity index is 531. The van der Waals surface area contributed by atoms with E-state index in [0.717, 1.165) is 0 Å². The third kappa shape index (κ3) is 1.32. The molecule has 0 saturated carbocycles. The Morgan fingerprint density at radius 2 is 2.27 bits per heavy atom. The van der Waals surface area contributed by atoms with Crippen LogP contribution < -0.4 is 4.74 Å². The van der Waals surface area contributed by atoms with Gasteiger partial charge < -0.3 is 14.4 Å². The van der Waals surface area contributed by atoms with Crippen molar-refractivity contribution in [2.45, 2.75) is 0 Å². The molecule has 0 radical (unpaired) electrons. The lowest BCUT2D eigenvalue weighted by Gasteiger charge is -2.03. The minimum atomic E-state index is -1.05. The van der Waals surface area contributed by atoms with E-state index >= 15 is 0 Å². The van der Waals surface area contributed by atoms with Crippen molar-refractivity contribution in [3.05, 3.63) is 24.0 Å². The van der Waals surface area contributed by atoms with Crippen LogP contribution in [0.25, 0.3) is 11.0 Å². The molecule has 0 unspecified atom stereocenters. The molecule has 0 aliphatic carbocycles. The Morgan fingerprint density at radius 1 is 1.53 bits per heavy atom. The molecular formula is C10H10N2O3. The molecular weight excluding hydrogens is 196 g/mol. The van der Waals surface area contributed by atoms with E-state index < -0.39 is 5.97 Å². The summed E-state index contributed by atoms with van der Waals surface area (Å²) in [5, 5.41) is 8.91. The normalized spacial score (nSPS) is 10.5. The first kappa shape index (κ1) is 9.51. The summed E-state index contributed by atoms with van der Waals surface area (Å²) in [4.78, 5) is 14.9. The number of methoxy groups -OCH3 is 1. The highest BCUT2D eigenvalue weighted by atomic mass is 16.5. The molecule has 0 fully saturated rings. The van der Waals surface area contributed by atoms with Crippen LogP contribution in [0.4, 0.5) is 0 Å². The first-order valence-electron chi connectivity index (χ1n) is 4.38. The van der Waals surface area contributed by atoms with Gasteiger partial charge in [0.05, 0.1) is 12.6 Å². The summed E-state index contributed by atoms with van der Waals surface area (Å²) in [6, 6.07) is 5.31. The molecule has 1 aromatic carbocycles. The number of rotatable bonds is 2. The van der Waals surface area contributed by atoms with E-state index in [2.05, 4.69) is 4.98 Å². The smallest absolute Gasteiger partial charge is 0.372 e. The molecule has 1 N–H and O–H groups in total. The maximum absolute atomic E-state index is 10.9. The minimum Gasteiger partial charge on any atom is -0.494 e. The third-order valence-electron chi connectivity index (χ3n) is 2.27. The van der Waals surface area contributed by atoms with Crippen LogP contribution in [0, 0.1) is 0 Å². The largest absolute Gasteiger partial charge is 0.494 e. The lowest BCUT2D eigenvalue weighted by molar-refractivity contribution is 0.0680. The number of hydrogen-bond acceptors (Lipinski definition) is 3. The fourth-order valence-electron chi connectivity index (χ4n) is 1.59. The lowest BCUT2D eigenvalue weighted by Crippen LogP contribution is -2.05. The molecule has 0 saturated heterocycles. The van der Waals surface area contributed by atoms with Gasteiger partial charge in [-0.15, -0.1) is 0 Å². The summed E-state index contributed by atoms with van der Waals surface area (Å²) < 4.78 is 6.66. The van der Waals surface area contributed by atoms with Crippen molar-refractivity contribution in [3.63, 3.8) is 0 Å². The van der Waals surface area contributed by atoms with Gasteiger partial charge in [0, 0.05) is 7.05 Å². The molecule has 5 nitrogen and oxygen atoms in total. The lowest BCUT2D eigenvalue weighted by atomic mass is 10.3. The first-order valence-corrected chi connectivity index (χ1v) is 4.38. The van der Waals surface area contributed by atoms with Crippen LogP contribution in [-0.2, 0) is 7.05 Å². The van der Waals surface area contributed by atoms with Gasteiger partial charge in [-0.2, -0.15) is 0 Å². The van der Waals surface area contributed by atoms with Crippen molar-refractivity contribution in [2.75, 3.05) is 7.11 Å². The molecule has 0 amide bonds. The van der Waals surface area contributed by atoms with Crippen molar-refractivity contribution < 1.29 is 14.6 Å². The van der Waals surface area contributed by atoms with Crippen LogP contribution in [0.1, 0.15) is 10.6 Å². The third-order valence-corrected chi connectivity index (χ3v) is 2.27. The van der Waals surface area contributed by atoms with Gasteiger partial charge in [0.15, 0.2) is 0 Å². The number of benzene rings is 1. The number of ether oxygens (including phenoxy) is 1. The summed E-state index contributed by atoms with van der Waals surface area (Å²) in [5.74, 6) is -0.416. The molecule has 1 aromatic heterocycles. The highest BCUT2D eigenvalue weighted by Crippen LogP contribution is 2.25. The van der Waals surface area contributed by atoms with Crippen LogP contribution >= 0.6 is 0 Å². The molecule has 0 bridgehead atoms. The zero-order chi connectivity index (χ0) is 11.0. The Labute approximate surface area is 85.9 Å². The van der Waals surface area contributed by atoms with Crippen LogP contribution in [0.2, 0.25) is 0 Å². The molecule has 15 heavy (non-hydrogen) atoms. The standard InChI is InChI=1S/C10H10N2O3/c1-12-8-6(11-9(12)10(13)14)4-3-5-7(8)15-2/h3-5H,1-2H3,(H,13,14). The zero-order valence-corrected chi connectivity index (χ0v) is 8.39. The number of imidazole rings is 1. The fraction of sp³-hybridized carbons (Fsp3) is 0.200. The number of fused-ring (bicyclic) bond motifs is 1. The van der Waals surface area contributed by atoms with Crippen molar-refractivity contribution in [3.8, 4) is 5.75 Å². The molecule has 0 aliphatic rings. The maximum Gasteiger partial charge on any atom is 0.372 e. The summed E-state index contributed by atoms with van der Waals surface area (Å²) in [5.41, 5.74) is 1.31. The Kier molecular flexibility index (Phi) is 2.07. The maximum atomic E-state index is 10.9. The van der Waals surface area contributed by atoms with Crippen molar-refractivity contribution in [1.29, 1.82) is 0 Å². The summed E-state index contributed by atoms with van der Waals surface area (Å²) in [6.45, 7) is 0. The van der Waals surface area contributed by atoms with Crippen LogP contribution in [0.5, 0.6) is 5.75 Å². The second kappa shape index (κ2) is 3.27. The molecule has 2 aromatic rings. The van der Waals surface area contributed by atoms with E-state index in [9.17, 15) is 4.79 Å². The number of aromatic carboxylic acids is 1. The summed E-state index contributed by atoms with van der Waals surface area (Å²) >= 11 is 0. The van der Waals surface area contributed by atoms with Gasteiger partial charge in [0.25, 0.3) is 0 Å². The van der Waals surface area contributed by atoms with Crippen molar-refractivity contribution >= 4 is 17.0 Å². The second-order valence-electron chi connectivity index (χ2n) is 3.13. The van der Waals surface area contributed by atoms with Crippen LogP contribution in [0.3, 0.4) is 0 Å². The number of aryl methyl sites for hydroxylation is 1. The van der Waals surface area contributed by atoms with Gasteiger partial charge >= 0.3 is 5.97 Å². The monoisotopic (exact) mass is 206 g/mol. The van der Waals surface area contributed by atoms with Gasteiger partial charge in [0.1, 0.15) is 11.3 Å². The average molecular weight is 206 g/mol.